The highest BCUT2D eigenvalue weighted by molar-refractivity contribution is 6.13. The quantitative estimate of drug-likeness (QED) is 0.587. The number of rotatable bonds is 7. The minimum Gasteiger partial charge on any atom is -0.478 e. The van der Waals surface area contributed by atoms with Gasteiger partial charge in [-0.2, -0.15) is 0 Å². The summed E-state index contributed by atoms with van der Waals surface area (Å²) in [6.45, 7) is 1.79. The summed E-state index contributed by atoms with van der Waals surface area (Å²) >= 11 is 0. The molecule has 0 atom stereocenters. The lowest BCUT2D eigenvalue weighted by molar-refractivity contribution is -0.118. The number of nitrogens with two attached hydrogens (primary N) is 1. The van der Waals surface area contributed by atoms with E-state index >= 15 is 0 Å². The molecule has 0 bridgehead atoms. The summed E-state index contributed by atoms with van der Waals surface area (Å²) in [5.74, 6) is -1.89. The molecule has 160 valence electrons. The number of aromatic carboxylic acids is 1. The average Bonchev–Trinajstić information content (AvgIpc) is 3.64. The maximum Gasteiger partial charge on any atom is 0.336 e. The lowest BCUT2D eigenvalue weighted by Crippen LogP contribution is -2.29. The maximum absolute atomic E-state index is 14.5. The second-order valence-electron chi connectivity index (χ2n) is 8.22. The van der Waals surface area contributed by atoms with Gasteiger partial charge in [0, 0.05) is 29.2 Å². The average molecular weight is 421 g/mol. The first-order valence-corrected chi connectivity index (χ1v) is 10.2. The van der Waals surface area contributed by atoms with Gasteiger partial charge >= 0.3 is 5.97 Å². The third-order valence-corrected chi connectivity index (χ3v) is 5.79. The number of carboxylic acids is 1. The molecular weight excluding hydrogens is 397 g/mol. The van der Waals surface area contributed by atoms with Crippen LogP contribution in [0.4, 0.5) is 10.1 Å². The molecule has 6 nitrogen and oxygen atoms in total. The summed E-state index contributed by atoms with van der Waals surface area (Å²) in [6, 6.07) is 9.75. The van der Waals surface area contributed by atoms with Crippen molar-refractivity contribution in [2.45, 2.75) is 44.1 Å². The summed E-state index contributed by atoms with van der Waals surface area (Å²) in [4.78, 5) is 29.2. The lowest BCUT2D eigenvalue weighted by Gasteiger charge is -2.18. The Morgan fingerprint density at radius 1 is 1.19 bits per heavy atom. The number of amides is 1. The number of carbonyl (C=O) groups is 2. The number of carboxylic acid groups (broad SMARTS) is 1. The van der Waals surface area contributed by atoms with Crippen molar-refractivity contribution in [2.24, 2.45) is 10.7 Å². The highest BCUT2D eigenvalue weighted by Crippen LogP contribution is 2.50. The van der Waals surface area contributed by atoms with Crippen LogP contribution in [0.15, 0.2) is 47.6 Å². The maximum atomic E-state index is 14.5. The van der Waals surface area contributed by atoms with E-state index in [2.05, 4.69) is 10.3 Å². The molecule has 0 unspecified atom stereocenters. The van der Waals surface area contributed by atoms with Crippen LogP contribution in [-0.4, -0.2) is 29.2 Å². The Bertz CT molecular complexity index is 1120. The third-order valence-electron chi connectivity index (χ3n) is 5.79. The molecule has 0 saturated heterocycles. The molecule has 2 aliphatic rings. The van der Waals surface area contributed by atoms with Crippen molar-refractivity contribution in [1.29, 1.82) is 0 Å². The molecule has 0 aliphatic heterocycles. The zero-order valence-electron chi connectivity index (χ0n) is 17.2. The molecule has 2 fully saturated rings. The molecule has 0 aromatic heterocycles. The Morgan fingerprint density at radius 2 is 1.94 bits per heavy atom. The molecule has 4 rings (SSSR count). The topological polar surface area (TPSA) is 105 Å². The van der Waals surface area contributed by atoms with Gasteiger partial charge in [0.25, 0.3) is 0 Å². The van der Waals surface area contributed by atoms with Crippen molar-refractivity contribution in [2.75, 3.05) is 5.32 Å². The molecule has 0 radical (unpaired) electrons. The van der Waals surface area contributed by atoms with Crippen LogP contribution in [0.2, 0.25) is 0 Å². The number of hydrogen-bond donors (Lipinski definition) is 3. The van der Waals surface area contributed by atoms with Crippen molar-refractivity contribution in [3.63, 3.8) is 0 Å². The molecule has 2 aromatic carbocycles. The lowest BCUT2D eigenvalue weighted by atomic mass is 9.93. The zero-order valence-corrected chi connectivity index (χ0v) is 17.2. The van der Waals surface area contributed by atoms with Crippen LogP contribution in [0.25, 0.3) is 5.57 Å². The van der Waals surface area contributed by atoms with Crippen molar-refractivity contribution in [1.82, 2.24) is 0 Å². The molecule has 7 heteroatoms. The summed E-state index contributed by atoms with van der Waals surface area (Å²) in [5, 5.41) is 12.5. The normalized spacial score (nSPS) is 17.5. The number of nitrogens with zero attached hydrogens (tertiary/aromatic N) is 1. The van der Waals surface area contributed by atoms with Gasteiger partial charge in [-0.1, -0.05) is 18.2 Å². The number of allylic oxidation sites excluding steroid dienone is 1. The molecular formula is C24H24FN3O3. The van der Waals surface area contributed by atoms with Crippen LogP contribution in [0, 0.1) is 12.7 Å². The monoisotopic (exact) mass is 421 g/mol. The molecule has 2 aromatic rings. The van der Waals surface area contributed by atoms with Crippen molar-refractivity contribution >= 4 is 29.4 Å². The SMILES string of the molecule is Cc1ccc(C2(C(=O)Nc3ccc(C(C=NC4CC4)=CN)c(C(=O)O)c3)CC2)c(F)c1. The number of aliphatic imine (C=N–C) groups is 1. The fourth-order valence-electron chi connectivity index (χ4n) is 3.67. The van der Waals surface area contributed by atoms with Crippen molar-refractivity contribution in [3.8, 4) is 0 Å². The Balaban J connectivity index is 1.59. The second-order valence-corrected chi connectivity index (χ2v) is 8.22. The van der Waals surface area contributed by atoms with Gasteiger partial charge in [-0.3, -0.25) is 9.79 Å². The van der Waals surface area contributed by atoms with Gasteiger partial charge < -0.3 is 16.2 Å². The van der Waals surface area contributed by atoms with E-state index in [4.69, 9.17) is 5.73 Å². The van der Waals surface area contributed by atoms with Gasteiger partial charge in [0.2, 0.25) is 5.91 Å². The first-order chi connectivity index (χ1) is 14.8. The van der Waals surface area contributed by atoms with Gasteiger partial charge in [-0.25, -0.2) is 9.18 Å². The molecule has 2 aliphatic carbocycles. The van der Waals surface area contributed by atoms with Crippen LogP contribution in [0.5, 0.6) is 0 Å². The molecule has 31 heavy (non-hydrogen) atoms. The Hall–Kier alpha value is -3.48. The van der Waals surface area contributed by atoms with E-state index in [-0.39, 0.29) is 17.5 Å². The first kappa shape index (κ1) is 20.8. The second kappa shape index (κ2) is 7.98. The Kier molecular flexibility index (Phi) is 5.35. The number of carbonyl (C=O) groups excluding carboxylic acids is 1. The summed E-state index contributed by atoms with van der Waals surface area (Å²) in [5.41, 5.74) is 7.20. The van der Waals surface area contributed by atoms with Crippen molar-refractivity contribution in [3.05, 3.63) is 70.7 Å². The zero-order chi connectivity index (χ0) is 22.2. The van der Waals surface area contributed by atoms with Crippen LogP contribution in [0.3, 0.4) is 0 Å². The van der Waals surface area contributed by atoms with E-state index in [1.165, 1.54) is 18.3 Å². The fourth-order valence-corrected chi connectivity index (χ4v) is 3.67. The highest BCUT2D eigenvalue weighted by Gasteiger charge is 2.52. The van der Waals surface area contributed by atoms with Crippen LogP contribution >= 0.6 is 0 Å². The summed E-state index contributed by atoms with van der Waals surface area (Å²) < 4.78 is 14.5. The van der Waals surface area contributed by atoms with Gasteiger partial charge in [-0.15, -0.1) is 0 Å². The van der Waals surface area contributed by atoms with Gasteiger partial charge in [-0.05, 0) is 61.9 Å². The minimum absolute atomic E-state index is 0.00288. The van der Waals surface area contributed by atoms with Crippen LogP contribution < -0.4 is 11.1 Å². The highest BCUT2D eigenvalue weighted by atomic mass is 19.1. The van der Waals surface area contributed by atoms with Gasteiger partial charge in [0.15, 0.2) is 0 Å². The first-order valence-electron chi connectivity index (χ1n) is 10.2. The summed E-state index contributed by atoms with van der Waals surface area (Å²) in [6.07, 6.45) is 6.05. The molecule has 4 N–H and O–H groups in total. The Morgan fingerprint density at radius 3 is 2.52 bits per heavy atom. The molecule has 0 spiro atoms. The number of nitrogens with one attached hydrogen (secondary N) is 1. The van der Waals surface area contributed by atoms with E-state index in [0.717, 1.165) is 18.4 Å². The van der Waals surface area contributed by atoms with Gasteiger partial charge in [0.1, 0.15) is 5.82 Å². The number of hydrogen-bond acceptors (Lipinski definition) is 4. The van der Waals surface area contributed by atoms with Crippen molar-refractivity contribution < 1.29 is 19.1 Å². The van der Waals surface area contributed by atoms with E-state index in [1.807, 2.05) is 0 Å². The molecule has 1 amide bonds. The molecule has 2 saturated carbocycles. The number of benzene rings is 2. The summed E-state index contributed by atoms with van der Waals surface area (Å²) in [7, 11) is 0. The fraction of sp³-hybridized carbons (Fsp3) is 0.292. The standard InChI is InChI=1S/C24H24FN3O3/c1-14-2-7-20(21(25)10-14)24(8-9-24)23(31)28-17-5-6-18(19(11-17)22(29)30)15(12-26)13-27-16-3-4-16/h2,5-7,10-13,16H,3-4,8-9,26H2,1H3,(H,28,31)(H,29,30). The predicted octanol–water partition coefficient (Wildman–Crippen LogP) is 4.04. The van der Waals surface area contributed by atoms with Gasteiger partial charge in [0.05, 0.1) is 17.0 Å². The molecule has 0 heterocycles. The Labute approximate surface area is 179 Å². The number of halogens is 1. The van der Waals surface area contributed by atoms with E-state index in [1.54, 1.807) is 37.4 Å². The van der Waals surface area contributed by atoms with E-state index < -0.39 is 17.2 Å². The van der Waals surface area contributed by atoms with Crippen LogP contribution in [-0.2, 0) is 10.2 Å². The minimum atomic E-state index is -1.14. The predicted molar refractivity (Wildman–Crippen MR) is 118 cm³/mol. The van der Waals surface area contributed by atoms with Crippen LogP contribution in [0.1, 0.15) is 52.7 Å². The largest absolute Gasteiger partial charge is 0.478 e. The number of aryl methyl sites for hydroxylation is 1. The van der Waals surface area contributed by atoms with E-state index in [0.29, 0.717) is 35.2 Å². The van der Waals surface area contributed by atoms with E-state index in [9.17, 15) is 19.1 Å². The third kappa shape index (κ3) is 4.21. The number of anilines is 1. The smallest absolute Gasteiger partial charge is 0.336 e.